The van der Waals surface area contributed by atoms with Gasteiger partial charge in [0.05, 0.1) is 6.26 Å². The van der Waals surface area contributed by atoms with E-state index in [9.17, 15) is 0 Å². The maximum atomic E-state index is 5.03. The molecular weight excluding hydrogens is 120 g/mol. The molecule has 0 aromatic carbocycles. The summed E-state index contributed by atoms with van der Waals surface area (Å²) in [6.45, 7) is 0. The summed E-state index contributed by atoms with van der Waals surface area (Å²) in [5.41, 5.74) is 0. The van der Waals surface area contributed by atoms with Crippen LogP contribution in [0.15, 0.2) is 22.8 Å². The summed E-state index contributed by atoms with van der Waals surface area (Å²) in [4.78, 5) is 0. The smallest absolute Gasteiger partial charge is 0.104 e. The molecule has 0 saturated carbocycles. The molecule has 0 atom stereocenters. The van der Waals surface area contributed by atoms with Gasteiger partial charge in [-0.25, -0.2) is 0 Å². The number of rotatable bonds is 2. The van der Waals surface area contributed by atoms with Gasteiger partial charge in [0.2, 0.25) is 0 Å². The van der Waals surface area contributed by atoms with Crippen molar-refractivity contribution < 1.29 is 4.42 Å². The molecule has 44 valence electrons. The Morgan fingerprint density at radius 2 is 2.50 bits per heavy atom. The van der Waals surface area contributed by atoms with Crippen molar-refractivity contribution in [2.24, 2.45) is 0 Å². The summed E-state index contributed by atoms with van der Waals surface area (Å²) in [5.74, 6) is 1.87. The zero-order valence-electron chi connectivity index (χ0n) is 4.50. The van der Waals surface area contributed by atoms with E-state index in [1.807, 2.05) is 12.1 Å². The van der Waals surface area contributed by atoms with Crippen LogP contribution < -0.4 is 0 Å². The summed E-state index contributed by atoms with van der Waals surface area (Å²) in [6, 6.07) is 3.84. The molecule has 1 aromatic heterocycles. The molecule has 0 N–H and O–H groups in total. The van der Waals surface area contributed by atoms with Crippen LogP contribution >= 0.6 is 12.6 Å². The quantitative estimate of drug-likeness (QED) is 0.599. The molecular formula is C6H8OS. The standard InChI is InChI=1S/C6H8OS/c8-5-3-6-2-1-4-7-6/h1-2,4,8H,3,5H2. The Morgan fingerprint density at radius 3 is 3.00 bits per heavy atom. The molecule has 0 saturated heterocycles. The minimum Gasteiger partial charge on any atom is -0.469 e. The van der Waals surface area contributed by atoms with Crippen molar-refractivity contribution in [1.82, 2.24) is 0 Å². The largest absolute Gasteiger partial charge is 0.469 e. The van der Waals surface area contributed by atoms with Crippen LogP contribution in [0.1, 0.15) is 5.76 Å². The SMILES string of the molecule is SCCc1ccco1. The lowest BCUT2D eigenvalue weighted by Crippen LogP contribution is -1.78. The van der Waals surface area contributed by atoms with Crippen LogP contribution in [0.2, 0.25) is 0 Å². The zero-order valence-corrected chi connectivity index (χ0v) is 5.40. The van der Waals surface area contributed by atoms with Gasteiger partial charge >= 0.3 is 0 Å². The summed E-state index contributed by atoms with van der Waals surface area (Å²) in [6.07, 6.45) is 2.61. The molecule has 1 heterocycles. The summed E-state index contributed by atoms with van der Waals surface area (Å²) in [7, 11) is 0. The second-order valence-electron chi connectivity index (χ2n) is 1.55. The highest BCUT2D eigenvalue weighted by Gasteiger charge is 1.89. The van der Waals surface area contributed by atoms with Crippen LogP contribution in [0, 0.1) is 0 Å². The molecule has 0 bridgehead atoms. The molecule has 0 aliphatic rings. The number of thiol groups is 1. The van der Waals surface area contributed by atoms with Gasteiger partial charge in [-0.3, -0.25) is 0 Å². The summed E-state index contributed by atoms with van der Waals surface area (Å²) in [5, 5.41) is 0. The predicted molar refractivity (Wildman–Crippen MR) is 36.3 cm³/mol. The van der Waals surface area contributed by atoms with E-state index in [0.29, 0.717) is 0 Å². The molecule has 0 unspecified atom stereocenters. The maximum Gasteiger partial charge on any atom is 0.104 e. The van der Waals surface area contributed by atoms with Crippen LogP contribution in [-0.4, -0.2) is 5.75 Å². The van der Waals surface area contributed by atoms with Crippen LogP contribution in [0.4, 0.5) is 0 Å². The molecule has 0 fully saturated rings. The zero-order chi connectivity index (χ0) is 5.82. The topological polar surface area (TPSA) is 13.1 Å². The molecule has 0 spiro atoms. The number of hydrogen-bond donors (Lipinski definition) is 1. The first-order valence-corrected chi connectivity index (χ1v) is 3.20. The molecule has 0 aliphatic heterocycles. The van der Waals surface area contributed by atoms with E-state index in [2.05, 4.69) is 12.6 Å². The summed E-state index contributed by atoms with van der Waals surface area (Å²) >= 11 is 4.05. The van der Waals surface area contributed by atoms with Crippen molar-refractivity contribution in [3.8, 4) is 0 Å². The highest BCUT2D eigenvalue weighted by molar-refractivity contribution is 7.80. The lowest BCUT2D eigenvalue weighted by molar-refractivity contribution is 0.517. The molecule has 2 heteroatoms. The van der Waals surface area contributed by atoms with E-state index in [1.54, 1.807) is 6.26 Å². The third-order valence-corrected chi connectivity index (χ3v) is 1.16. The fraction of sp³-hybridized carbons (Fsp3) is 0.333. The normalized spacial score (nSPS) is 9.62. The Morgan fingerprint density at radius 1 is 1.62 bits per heavy atom. The van der Waals surface area contributed by atoms with Crippen molar-refractivity contribution in [3.63, 3.8) is 0 Å². The van der Waals surface area contributed by atoms with Crippen molar-refractivity contribution in [3.05, 3.63) is 24.2 Å². The first-order valence-electron chi connectivity index (χ1n) is 2.56. The van der Waals surface area contributed by atoms with Gasteiger partial charge < -0.3 is 4.42 Å². The monoisotopic (exact) mass is 128 g/mol. The van der Waals surface area contributed by atoms with Crippen molar-refractivity contribution >= 4 is 12.6 Å². The van der Waals surface area contributed by atoms with Gasteiger partial charge in [0.1, 0.15) is 5.76 Å². The van der Waals surface area contributed by atoms with E-state index in [4.69, 9.17) is 4.42 Å². The average Bonchev–Trinajstić information content (AvgIpc) is 2.19. The second-order valence-corrected chi connectivity index (χ2v) is 2.00. The third-order valence-electron chi connectivity index (χ3n) is 0.938. The average molecular weight is 128 g/mol. The lowest BCUT2D eigenvalue weighted by atomic mass is 10.4. The Bertz CT molecular complexity index is 134. The van der Waals surface area contributed by atoms with Crippen LogP contribution in [0.3, 0.4) is 0 Å². The molecule has 1 aromatic rings. The van der Waals surface area contributed by atoms with E-state index < -0.39 is 0 Å². The molecule has 0 amide bonds. The van der Waals surface area contributed by atoms with Gasteiger partial charge in [-0.1, -0.05) is 0 Å². The van der Waals surface area contributed by atoms with E-state index >= 15 is 0 Å². The lowest BCUT2D eigenvalue weighted by Gasteiger charge is -1.85. The predicted octanol–water partition coefficient (Wildman–Crippen LogP) is 1.75. The van der Waals surface area contributed by atoms with Crippen molar-refractivity contribution in [1.29, 1.82) is 0 Å². The molecule has 1 rings (SSSR count). The van der Waals surface area contributed by atoms with Crippen LogP contribution in [0.5, 0.6) is 0 Å². The van der Waals surface area contributed by atoms with Crippen LogP contribution in [0.25, 0.3) is 0 Å². The fourth-order valence-electron chi connectivity index (χ4n) is 0.565. The van der Waals surface area contributed by atoms with Crippen molar-refractivity contribution in [2.75, 3.05) is 5.75 Å². The van der Waals surface area contributed by atoms with Gasteiger partial charge in [-0.15, -0.1) is 0 Å². The van der Waals surface area contributed by atoms with E-state index in [-0.39, 0.29) is 0 Å². The number of aryl methyl sites for hydroxylation is 1. The highest BCUT2D eigenvalue weighted by Crippen LogP contribution is 2.00. The molecule has 0 aliphatic carbocycles. The van der Waals surface area contributed by atoms with Gasteiger partial charge in [0, 0.05) is 6.42 Å². The van der Waals surface area contributed by atoms with Gasteiger partial charge in [-0.05, 0) is 17.9 Å². The Kier molecular flexibility index (Phi) is 2.03. The Labute approximate surface area is 54.1 Å². The minimum atomic E-state index is 0.855. The summed E-state index contributed by atoms with van der Waals surface area (Å²) < 4.78 is 5.03. The molecule has 1 nitrogen and oxygen atoms in total. The van der Waals surface area contributed by atoms with E-state index in [0.717, 1.165) is 17.9 Å². The Hall–Kier alpha value is -0.370. The third kappa shape index (κ3) is 1.30. The molecule has 8 heavy (non-hydrogen) atoms. The van der Waals surface area contributed by atoms with Crippen LogP contribution in [-0.2, 0) is 6.42 Å². The second kappa shape index (κ2) is 2.82. The molecule has 0 radical (unpaired) electrons. The fourth-order valence-corrected chi connectivity index (χ4v) is 0.785. The first kappa shape index (κ1) is 5.76. The number of hydrogen-bond acceptors (Lipinski definition) is 2. The highest BCUT2D eigenvalue weighted by atomic mass is 32.1. The van der Waals surface area contributed by atoms with Gasteiger partial charge in [0.15, 0.2) is 0 Å². The van der Waals surface area contributed by atoms with Gasteiger partial charge in [-0.2, -0.15) is 12.6 Å². The maximum absolute atomic E-state index is 5.03. The van der Waals surface area contributed by atoms with E-state index in [1.165, 1.54) is 0 Å². The Balaban J connectivity index is 2.50. The first-order chi connectivity index (χ1) is 3.93. The number of furan rings is 1. The van der Waals surface area contributed by atoms with Crippen molar-refractivity contribution in [2.45, 2.75) is 6.42 Å². The minimum absolute atomic E-state index is 0.855. The van der Waals surface area contributed by atoms with Gasteiger partial charge in [0.25, 0.3) is 0 Å².